The van der Waals surface area contributed by atoms with Crippen LogP contribution in [0.15, 0.2) is 148 Å². The third-order valence-corrected chi connectivity index (χ3v) is 10.6. The zero-order chi connectivity index (χ0) is 48.5. The van der Waals surface area contributed by atoms with E-state index in [2.05, 4.69) is 55.5 Å². The van der Waals surface area contributed by atoms with Crippen molar-refractivity contribution in [1.29, 1.82) is 0 Å². The summed E-state index contributed by atoms with van der Waals surface area (Å²) in [4.78, 5) is 40.7. The molecule has 6 aromatic heterocycles. The molecule has 4 N–H and O–H groups in total. The van der Waals surface area contributed by atoms with E-state index in [-0.39, 0.29) is 36.9 Å². The number of rotatable bonds is 6. The van der Waals surface area contributed by atoms with Gasteiger partial charge in [0.25, 0.3) is 0 Å². The fourth-order valence-corrected chi connectivity index (χ4v) is 7.31. The zero-order valence-corrected chi connectivity index (χ0v) is 36.7. The molecule has 0 unspecified atom stereocenters. The summed E-state index contributed by atoms with van der Waals surface area (Å²) in [6, 6.07) is 32.0. The van der Waals surface area contributed by atoms with Crippen LogP contribution < -0.4 is 25.8 Å². The molecule has 70 heavy (non-hydrogen) atoms. The molecule has 0 saturated heterocycles. The highest BCUT2D eigenvalue weighted by molar-refractivity contribution is 9.10. The lowest BCUT2D eigenvalue weighted by molar-refractivity contribution is -0.275. The van der Waals surface area contributed by atoms with Crippen molar-refractivity contribution in [3.05, 3.63) is 170 Å². The molecule has 0 amide bonds. The van der Waals surface area contributed by atoms with Crippen LogP contribution >= 0.6 is 15.9 Å². The summed E-state index contributed by atoms with van der Waals surface area (Å²) < 4.78 is 84.5. The Morgan fingerprint density at radius 1 is 0.586 bits per heavy atom. The van der Waals surface area contributed by atoms with E-state index in [1.54, 1.807) is 54.9 Å². The van der Waals surface area contributed by atoms with E-state index < -0.39 is 25.6 Å². The maximum atomic E-state index is 12.7. The topological polar surface area (TPSA) is 185 Å². The second kappa shape index (κ2) is 20.8. The molecular formula is C48H40BBrF6N8O6. The highest BCUT2D eigenvalue weighted by Crippen LogP contribution is 2.29. The summed E-state index contributed by atoms with van der Waals surface area (Å²) >= 11 is 3.41. The van der Waals surface area contributed by atoms with E-state index in [9.17, 15) is 35.9 Å². The minimum atomic E-state index is -4.78. The van der Waals surface area contributed by atoms with Gasteiger partial charge in [0.2, 0.25) is 0 Å². The summed E-state index contributed by atoms with van der Waals surface area (Å²) in [6.07, 6.45) is -6.05. The molecule has 4 aromatic carbocycles. The molecule has 0 saturated carbocycles. The van der Waals surface area contributed by atoms with Gasteiger partial charge in [-0.1, -0.05) is 63.4 Å². The lowest BCUT2D eigenvalue weighted by Crippen LogP contribution is -2.30. The monoisotopic (exact) mass is 1030 g/mol. The fraction of sp³-hybridized carbons (Fsp3) is 0.125. The van der Waals surface area contributed by atoms with Crippen molar-refractivity contribution < 1.29 is 45.9 Å². The third kappa shape index (κ3) is 11.7. The third-order valence-electron chi connectivity index (χ3n) is 10.2. The fourth-order valence-electron chi connectivity index (χ4n) is 6.98. The van der Waals surface area contributed by atoms with E-state index >= 15 is 0 Å². The van der Waals surface area contributed by atoms with Gasteiger partial charge in [-0.3, -0.25) is 9.59 Å². The normalized spacial score (nSPS) is 11.2. The Kier molecular flexibility index (Phi) is 15.3. The van der Waals surface area contributed by atoms with E-state index in [0.29, 0.717) is 67.2 Å². The molecule has 0 radical (unpaired) electrons. The van der Waals surface area contributed by atoms with Crippen LogP contribution in [0, 0.1) is 13.8 Å². The second-order valence-electron chi connectivity index (χ2n) is 14.8. The highest BCUT2D eigenvalue weighted by atomic mass is 79.9. The lowest BCUT2D eigenvalue weighted by Gasteiger charge is -2.10. The van der Waals surface area contributed by atoms with Gasteiger partial charge in [-0.05, 0) is 114 Å². The molecule has 0 fully saturated rings. The Morgan fingerprint density at radius 2 is 1.06 bits per heavy atom. The predicted molar refractivity (Wildman–Crippen MR) is 259 cm³/mol. The number of ether oxygens (including phenoxy) is 2. The first kappa shape index (κ1) is 51.6. The average Bonchev–Trinajstić information content (AvgIpc) is 3.92. The van der Waals surface area contributed by atoms with Crippen LogP contribution in [-0.2, 0) is 0 Å². The number of alkyl halides is 6. The number of nitrogens with one attached hydrogen (secondary N) is 2. The first-order chi connectivity index (χ1) is 32.3. The molecule has 0 atom stereocenters. The Morgan fingerprint density at radius 3 is 1.57 bits per heavy atom. The van der Waals surface area contributed by atoms with Crippen LogP contribution in [0.4, 0.5) is 26.3 Å². The highest BCUT2D eigenvalue weighted by Gasteiger charge is 2.32. The van der Waals surface area contributed by atoms with Crippen molar-refractivity contribution in [3.63, 3.8) is 0 Å². The van der Waals surface area contributed by atoms with Gasteiger partial charge < -0.3 is 29.5 Å². The molecule has 360 valence electrons. The molecule has 6 heterocycles. The Hall–Kier alpha value is -7.82. The molecule has 0 aliphatic carbocycles. The van der Waals surface area contributed by atoms with Crippen LogP contribution in [0.25, 0.3) is 67.3 Å². The van der Waals surface area contributed by atoms with E-state index in [1.807, 2.05) is 54.7 Å². The Bertz CT molecular complexity index is 3620. The van der Waals surface area contributed by atoms with Gasteiger partial charge in [0.1, 0.15) is 11.5 Å². The van der Waals surface area contributed by atoms with Gasteiger partial charge in [0.15, 0.2) is 33.8 Å². The number of benzene rings is 4. The number of hydrogen-bond donors (Lipinski definition) is 4. The van der Waals surface area contributed by atoms with E-state index in [1.165, 1.54) is 34.8 Å². The van der Waals surface area contributed by atoms with Crippen molar-refractivity contribution in [3.8, 4) is 45.7 Å². The van der Waals surface area contributed by atoms with Crippen molar-refractivity contribution in [1.82, 2.24) is 39.2 Å². The minimum absolute atomic E-state index is 0. The van der Waals surface area contributed by atoms with Crippen molar-refractivity contribution in [2.24, 2.45) is 0 Å². The molecule has 0 aliphatic heterocycles. The lowest BCUT2D eigenvalue weighted by atomic mass is 9.80. The van der Waals surface area contributed by atoms with Gasteiger partial charge in [0.05, 0.1) is 11.4 Å². The van der Waals surface area contributed by atoms with Gasteiger partial charge in [-0.25, -0.2) is 19.0 Å². The molecular weight excluding hydrogens is 989 g/mol. The molecule has 0 bridgehead atoms. The van der Waals surface area contributed by atoms with Crippen LogP contribution in [0.5, 0.6) is 11.5 Å². The largest absolute Gasteiger partial charge is 0.573 e. The number of nitrogens with zero attached hydrogens (tertiary/aromatic N) is 6. The van der Waals surface area contributed by atoms with Crippen LogP contribution in [0.3, 0.4) is 0 Å². The molecule has 22 heteroatoms. The summed E-state index contributed by atoms with van der Waals surface area (Å²) in [5.74, 6) is 0.0666. The SMILES string of the molecule is C.C.Cc1c(-c2nc3ccc(-c4cccc(OC(F)(F)F)c4)cn3n2)[nH]c2ccccc2c1=O.Cc1c(-c2nc3ccc(Br)cn3n2)[nH]c2ccccc2c1=O.OB(O)c1cccc(OC(F)(F)F)c1. The average molecular weight is 1030 g/mol. The predicted octanol–water partition coefficient (Wildman–Crippen LogP) is 9.96. The number of aromatic amines is 2. The summed E-state index contributed by atoms with van der Waals surface area (Å²) in [6.45, 7) is 3.51. The van der Waals surface area contributed by atoms with Gasteiger partial charge in [0, 0.05) is 55.4 Å². The van der Waals surface area contributed by atoms with E-state index in [4.69, 9.17) is 10.0 Å². The van der Waals surface area contributed by atoms with Crippen molar-refractivity contribution in [2.75, 3.05) is 0 Å². The maximum Gasteiger partial charge on any atom is 0.573 e. The van der Waals surface area contributed by atoms with Crippen LogP contribution in [0.1, 0.15) is 26.0 Å². The van der Waals surface area contributed by atoms with Gasteiger partial charge in [-0.15, -0.1) is 36.5 Å². The number of para-hydroxylation sites is 2. The quantitative estimate of drug-likeness (QED) is 0.0923. The Labute approximate surface area is 402 Å². The Balaban J connectivity index is 0.000000184. The number of halogens is 7. The van der Waals surface area contributed by atoms with Gasteiger partial charge >= 0.3 is 19.8 Å². The van der Waals surface area contributed by atoms with E-state index in [0.717, 1.165) is 27.8 Å². The van der Waals surface area contributed by atoms with Gasteiger partial charge in [-0.2, -0.15) is 0 Å². The smallest absolute Gasteiger partial charge is 0.423 e. The summed E-state index contributed by atoms with van der Waals surface area (Å²) in [5, 5.41) is 27.5. The van der Waals surface area contributed by atoms with Crippen molar-refractivity contribution >= 4 is 61.6 Å². The minimum Gasteiger partial charge on any atom is -0.423 e. The molecule has 10 aromatic rings. The maximum absolute atomic E-state index is 12.7. The molecule has 10 rings (SSSR count). The standard InChI is InChI=1S/C23H15F3N4O2.C16H11BrN4O.C7H6BF3O3.2CH4/c1-13-20(27-18-8-3-2-7-17(18)21(13)31)22-28-19-10-9-15(12-30(19)29-22)14-5-4-6-16(11-14)32-23(24,25)26;1-9-14(18-12-5-3-2-4-11(12)15(9)22)16-19-13-7-6-10(17)8-21(13)20-16;9-7(10,11)14-6-3-1-2-5(4-6)8(12)13;;/h2-12H,1H3,(H,27,31);2-8H,1H3,(H,18,22);1-4,12-13H;2*1H4. The molecule has 14 nitrogen and oxygen atoms in total. The van der Waals surface area contributed by atoms with Crippen molar-refractivity contribution in [2.45, 2.75) is 41.4 Å². The second-order valence-corrected chi connectivity index (χ2v) is 15.7. The molecule has 0 spiro atoms. The zero-order valence-electron chi connectivity index (χ0n) is 35.1. The number of pyridine rings is 4. The van der Waals surface area contributed by atoms with Crippen LogP contribution in [-0.4, -0.2) is 69.1 Å². The van der Waals surface area contributed by atoms with Crippen LogP contribution in [0.2, 0.25) is 0 Å². The number of aromatic nitrogens is 8. The molecule has 0 aliphatic rings. The number of fused-ring (bicyclic) bond motifs is 4. The summed E-state index contributed by atoms with van der Waals surface area (Å²) in [7, 11) is -1.81. The number of H-pyrrole nitrogens is 2. The summed E-state index contributed by atoms with van der Waals surface area (Å²) in [5.41, 5.74) is 6.00. The first-order valence-electron chi connectivity index (χ1n) is 20.0. The number of hydrogen-bond acceptors (Lipinski definition) is 10. The first-order valence-corrected chi connectivity index (χ1v) is 20.8.